The molecule has 0 aromatic heterocycles. The van der Waals surface area contributed by atoms with Crippen LogP contribution < -0.4 is 0 Å². The van der Waals surface area contributed by atoms with Crippen LogP contribution in [-0.4, -0.2) is 73.0 Å². The summed E-state index contributed by atoms with van der Waals surface area (Å²) in [7, 11) is 0. The van der Waals surface area contributed by atoms with Crippen LogP contribution >= 0.6 is 0 Å². The monoisotopic (exact) mass is 508 g/mol. The van der Waals surface area contributed by atoms with E-state index >= 15 is 0 Å². The minimum absolute atomic E-state index is 0.234. The lowest BCUT2D eigenvalue weighted by Crippen LogP contribution is -2.49. The Bertz CT molecular complexity index is 452. The van der Waals surface area contributed by atoms with Gasteiger partial charge < -0.3 is 9.80 Å². The van der Waals surface area contributed by atoms with E-state index in [-0.39, 0.29) is 5.91 Å². The summed E-state index contributed by atoms with van der Waals surface area (Å²) in [5.74, 6) is 0.234. The minimum Gasteiger partial charge on any atom is -0.340 e. The highest BCUT2D eigenvalue weighted by Gasteiger charge is 2.18. The van der Waals surface area contributed by atoms with Gasteiger partial charge in [0.15, 0.2) is 0 Å². The third-order valence-corrected chi connectivity index (χ3v) is 8.21. The molecule has 0 atom stereocenters. The summed E-state index contributed by atoms with van der Waals surface area (Å²) in [5.41, 5.74) is 0. The van der Waals surface area contributed by atoms with Crippen LogP contribution in [0.25, 0.3) is 0 Å². The zero-order valence-electron chi connectivity index (χ0n) is 25.0. The van der Waals surface area contributed by atoms with Crippen LogP contribution in [-0.2, 0) is 4.79 Å². The van der Waals surface area contributed by atoms with Crippen molar-refractivity contribution in [1.82, 2.24) is 14.7 Å². The molecule has 214 valence electrons. The topological polar surface area (TPSA) is 26.8 Å². The molecule has 1 fully saturated rings. The van der Waals surface area contributed by atoms with Gasteiger partial charge in [0.1, 0.15) is 0 Å². The molecule has 4 nitrogen and oxygen atoms in total. The van der Waals surface area contributed by atoms with Gasteiger partial charge in [-0.3, -0.25) is 9.69 Å². The van der Waals surface area contributed by atoms with Gasteiger partial charge in [-0.1, -0.05) is 129 Å². The molecule has 0 bridgehead atoms. The van der Waals surface area contributed by atoms with E-state index in [4.69, 9.17) is 0 Å². The van der Waals surface area contributed by atoms with Crippen molar-refractivity contribution in [2.75, 3.05) is 52.4 Å². The summed E-state index contributed by atoms with van der Waals surface area (Å²) >= 11 is 0. The molecule has 0 unspecified atom stereocenters. The second-order valence-electron chi connectivity index (χ2n) is 11.6. The predicted molar refractivity (Wildman–Crippen MR) is 159 cm³/mol. The Kier molecular flexibility index (Phi) is 22.9. The molecule has 0 saturated carbocycles. The molecule has 0 aromatic rings. The van der Waals surface area contributed by atoms with E-state index in [9.17, 15) is 4.79 Å². The van der Waals surface area contributed by atoms with E-state index in [1.54, 1.807) is 6.92 Å². The molecule has 0 N–H and O–H groups in total. The van der Waals surface area contributed by atoms with Gasteiger partial charge in [0.05, 0.1) is 0 Å². The van der Waals surface area contributed by atoms with Gasteiger partial charge in [-0.2, -0.15) is 0 Å². The lowest BCUT2D eigenvalue weighted by Gasteiger charge is -2.35. The highest BCUT2D eigenvalue weighted by molar-refractivity contribution is 5.73. The van der Waals surface area contributed by atoms with Gasteiger partial charge in [-0.15, -0.1) is 0 Å². The standard InChI is InChI=1S/C32H65N3O/c1-4-6-8-10-12-14-16-18-20-22-24-33(25-23-21-19-17-15-13-11-9-7-5-2)26-27-34-28-30-35(31-29-34)32(3)36/h4-31H2,1-3H3. The van der Waals surface area contributed by atoms with Crippen molar-refractivity contribution in [2.45, 2.75) is 149 Å². The fourth-order valence-corrected chi connectivity index (χ4v) is 5.55. The first kappa shape index (κ1) is 33.4. The Hall–Kier alpha value is -0.610. The largest absolute Gasteiger partial charge is 0.340 e. The highest BCUT2D eigenvalue weighted by Crippen LogP contribution is 2.13. The van der Waals surface area contributed by atoms with Crippen LogP contribution in [0, 0.1) is 0 Å². The molecule has 36 heavy (non-hydrogen) atoms. The Morgan fingerprint density at radius 3 is 1.25 bits per heavy atom. The Morgan fingerprint density at radius 2 is 0.889 bits per heavy atom. The Labute approximate surface area is 226 Å². The molecule has 4 heteroatoms. The molecule has 1 rings (SSSR count). The number of nitrogens with zero attached hydrogens (tertiary/aromatic N) is 3. The van der Waals surface area contributed by atoms with Crippen LogP contribution in [0.2, 0.25) is 0 Å². The second kappa shape index (κ2) is 24.7. The first-order chi connectivity index (χ1) is 17.7. The minimum atomic E-state index is 0.234. The molecule has 1 heterocycles. The average Bonchev–Trinajstić information content (AvgIpc) is 2.89. The maximum Gasteiger partial charge on any atom is 0.219 e. The van der Waals surface area contributed by atoms with E-state index in [2.05, 4.69) is 23.6 Å². The number of amides is 1. The van der Waals surface area contributed by atoms with Crippen LogP contribution in [0.15, 0.2) is 0 Å². The van der Waals surface area contributed by atoms with Crippen molar-refractivity contribution in [2.24, 2.45) is 0 Å². The normalized spacial score (nSPS) is 14.7. The van der Waals surface area contributed by atoms with Gasteiger partial charge in [-0.25, -0.2) is 0 Å². The molecular formula is C32H65N3O. The molecule has 1 amide bonds. The number of unbranched alkanes of at least 4 members (excludes halogenated alkanes) is 18. The second-order valence-corrected chi connectivity index (χ2v) is 11.6. The summed E-state index contributed by atoms with van der Waals surface area (Å²) < 4.78 is 0. The zero-order chi connectivity index (χ0) is 26.1. The number of rotatable bonds is 25. The van der Waals surface area contributed by atoms with E-state index in [0.717, 1.165) is 26.2 Å². The number of piperazine rings is 1. The summed E-state index contributed by atoms with van der Waals surface area (Å²) in [6, 6.07) is 0. The number of hydrogen-bond donors (Lipinski definition) is 0. The van der Waals surface area contributed by atoms with E-state index in [1.807, 2.05) is 4.90 Å². The Morgan fingerprint density at radius 1 is 0.528 bits per heavy atom. The van der Waals surface area contributed by atoms with E-state index in [0.29, 0.717) is 0 Å². The fourth-order valence-electron chi connectivity index (χ4n) is 5.55. The van der Waals surface area contributed by atoms with Crippen LogP contribution in [0.4, 0.5) is 0 Å². The van der Waals surface area contributed by atoms with Crippen LogP contribution in [0.1, 0.15) is 149 Å². The zero-order valence-corrected chi connectivity index (χ0v) is 25.0. The van der Waals surface area contributed by atoms with Crippen molar-refractivity contribution >= 4 is 5.91 Å². The van der Waals surface area contributed by atoms with Crippen molar-refractivity contribution in [3.63, 3.8) is 0 Å². The van der Waals surface area contributed by atoms with E-state index < -0.39 is 0 Å². The smallest absolute Gasteiger partial charge is 0.219 e. The molecule has 1 aliphatic rings. The van der Waals surface area contributed by atoms with Crippen molar-refractivity contribution < 1.29 is 4.79 Å². The number of carbonyl (C=O) groups excluding carboxylic acids is 1. The lowest BCUT2D eigenvalue weighted by molar-refractivity contribution is -0.130. The summed E-state index contributed by atoms with van der Waals surface area (Å²) in [4.78, 5) is 18.9. The first-order valence-electron chi connectivity index (χ1n) is 16.4. The average molecular weight is 508 g/mol. The summed E-state index contributed by atoms with van der Waals surface area (Å²) in [5, 5.41) is 0. The number of carbonyl (C=O) groups is 1. The number of hydrogen-bond acceptors (Lipinski definition) is 3. The van der Waals surface area contributed by atoms with Gasteiger partial charge in [0, 0.05) is 46.2 Å². The maximum atomic E-state index is 11.6. The van der Waals surface area contributed by atoms with Crippen molar-refractivity contribution in [1.29, 1.82) is 0 Å². The van der Waals surface area contributed by atoms with Gasteiger partial charge in [0.25, 0.3) is 0 Å². The lowest BCUT2D eigenvalue weighted by atomic mass is 10.1. The van der Waals surface area contributed by atoms with E-state index in [1.165, 1.54) is 155 Å². The SMILES string of the molecule is CCCCCCCCCCCCN(CCCCCCCCCCCC)CCN1CCN(C(C)=O)CC1. The summed E-state index contributed by atoms with van der Waals surface area (Å²) in [6.07, 6.45) is 28.3. The van der Waals surface area contributed by atoms with Gasteiger partial charge in [-0.05, 0) is 25.9 Å². The molecular weight excluding hydrogens is 442 g/mol. The third-order valence-electron chi connectivity index (χ3n) is 8.21. The Balaban J connectivity index is 2.18. The molecule has 0 radical (unpaired) electrons. The van der Waals surface area contributed by atoms with Crippen LogP contribution in [0.5, 0.6) is 0 Å². The third kappa shape index (κ3) is 19.5. The predicted octanol–water partition coefficient (Wildman–Crippen LogP) is 8.29. The van der Waals surface area contributed by atoms with Crippen molar-refractivity contribution in [3.05, 3.63) is 0 Å². The van der Waals surface area contributed by atoms with Gasteiger partial charge >= 0.3 is 0 Å². The first-order valence-corrected chi connectivity index (χ1v) is 16.4. The quantitative estimate of drug-likeness (QED) is 0.116. The summed E-state index contributed by atoms with van der Waals surface area (Å²) in [6.45, 7) is 15.1. The molecule has 1 aliphatic heterocycles. The highest BCUT2D eigenvalue weighted by atomic mass is 16.2. The molecule has 0 spiro atoms. The molecule has 0 aliphatic carbocycles. The van der Waals surface area contributed by atoms with Gasteiger partial charge in [0.2, 0.25) is 5.91 Å². The van der Waals surface area contributed by atoms with Crippen molar-refractivity contribution in [3.8, 4) is 0 Å². The fraction of sp³-hybridized carbons (Fsp3) is 0.969. The molecule has 1 saturated heterocycles. The molecule has 0 aromatic carbocycles. The van der Waals surface area contributed by atoms with Crippen LogP contribution in [0.3, 0.4) is 0 Å². The maximum absolute atomic E-state index is 11.6.